The molecule has 0 radical (unpaired) electrons. The smallest absolute Gasteiger partial charge is 0.152 e. The van der Waals surface area contributed by atoms with Crippen LogP contribution in [0.3, 0.4) is 0 Å². The number of carbonyl (C=O) groups excluding carboxylic acids is 1. The largest absolute Gasteiger partial charge is 0.298 e. The summed E-state index contributed by atoms with van der Waals surface area (Å²) in [6, 6.07) is 1.69. The third-order valence-corrected chi connectivity index (χ3v) is 4.57. The Morgan fingerprint density at radius 3 is 2.14 bits per heavy atom. The summed E-state index contributed by atoms with van der Waals surface area (Å²) in [7, 11) is 0. The van der Waals surface area contributed by atoms with Gasteiger partial charge in [-0.15, -0.1) is 0 Å². The Hall–Kier alpha value is -0.370. The predicted molar refractivity (Wildman–Crippen MR) is 55.0 cm³/mol. The van der Waals surface area contributed by atoms with Crippen LogP contribution in [0.1, 0.15) is 39.5 Å². The summed E-state index contributed by atoms with van der Waals surface area (Å²) >= 11 is 0. The first kappa shape index (κ1) is 8.90. The van der Waals surface area contributed by atoms with Crippen LogP contribution in [0.15, 0.2) is 0 Å². The van der Waals surface area contributed by atoms with E-state index >= 15 is 0 Å². The van der Waals surface area contributed by atoms with Crippen LogP contribution >= 0.6 is 0 Å². The fraction of sp³-hybridized carbons (Fsp3) is 0.917. The number of carbonyl (C=O) groups is 1. The molecule has 4 rings (SSSR count). The molecule has 3 unspecified atom stereocenters. The number of nitrogens with zero attached hydrogens (tertiary/aromatic N) is 1. The number of piperidine rings is 4. The lowest BCUT2D eigenvalue weighted by Crippen LogP contribution is -2.65. The van der Waals surface area contributed by atoms with Gasteiger partial charge in [0.05, 0.1) is 6.04 Å². The third-order valence-electron chi connectivity index (χ3n) is 4.57. The predicted octanol–water partition coefficient (Wildman–Crippen LogP) is 1.84. The van der Waals surface area contributed by atoms with E-state index in [1.54, 1.807) is 0 Å². The van der Waals surface area contributed by atoms with Gasteiger partial charge in [0, 0.05) is 18.0 Å². The number of ketones is 1. The van der Waals surface area contributed by atoms with Crippen molar-refractivity contribution in [2.45, 2.75) is 57.7 Å². The van der Waals surface area contributed by atoms with Crippen LogP contribution in [0.4, 0.5) is 0 Å². The highest BCUT2D eigenvalue weighted by Gasteiger charge is 2.51. The van der Waals surface area contributed by atoms with Gasteiger partial charge in [-0.05, 0) is 38.5 Å². The molecule has 2 heteroatoms. The van der Waals surface area contributed by atoms with Crippen LogP contribution in [0.2, 0.25) is 0 Å². The molecule has 0 aromatic carbocycles. The monoisotopic (exact) mass is 193 g/mol. The fourth-order valence-corrected chi connectivity index (χ4v) is 4.11. The molecule has 0 saturated carbocycles. The summed E-state index contributed by atoms with van der Waals surface area (Å²) < 4.78 is 0. The molecule has 4 saturated heterocycles. The van der Waals surface area contributed by atoms with Gasteiger partial charge in [0.2, 0.25) is 0 Å². The van der Waals surface area contributed by atoms with E-state index in [1.807, 2.05) is 0 Å². The highest BCUT2D eigenvalue weighted by molar-refractivity contribution is 5.87. The standard InChI is InChI=1S/C12H19NO/c1-7-3-10-5-9-6-11(4-7)13(10)8(2)12(9)14/h7-11H,3-6H2,1-2H3. The normalized spacial score (nSPS) is 56.3. The van der Waals surface area contributed by atoms with Gasteiger partial charge < -0.3 is 0 Å². The molecule has 4 aliphatic heterocycles. The van der Waals surface area contributed by atoms with Gasteiger partial charge >= 0.3 is 0 Å². The maximum Gasteiger partial charge on any atom is 0.152 e. The van der Waals surface area contributed by atoms with Crippen LogP contribution in [-0.2, 0) is 4.79 Å². The first-order valence-corrected chi connectivity index (χ1v) is 5.98. The van der Waals surface area contributed by atoms with Crippen molar-refractivity contribution in [3.63, 3.8) is 0 Å². The van der Waals surface area contributed by atoms with Gasteiger partial charge in [-0.25, -0.2) is 0 Å². The average Bonchev–Trinajstić information content (AvgIpc) is 2.10. The molecule has 2 nitrogen and oxygen atoms in total. The van der Waals surface area contributed by atoms with Gasteiger partial charge in [0.25, 0.3) is 0 Å². The molecule has 0 aromatic heterocycles. The molecule has 14 heavy (non-hydrogen) atoms. The maximum absolute atomic E-state index is 11.9. The number of hydrogen-bond acceptors (Lipinski definition) is 2. The minimum absolute atomic E-state index is 0.227. The van der Waals surface area contributed by atoms with E-state index in [-0.39, 0.29) is 6.04 Å². The topological polar surface area (TPSA) is 20.3 Å². The van der Waals surface area contributed by atoms with Crippen molar-refractivity contribution >= 4 is 5.78 Å². The zero-order chi connectivity index (χ0) is 9.87. The van der Waals surface area contributed by atoms with Gasteiger partial charge in [-0.2, -0.15) is 0 Å². The Bertz CT molecular complexity index is 255. The molecular weight excluding hydrogens is 174 g/mol. The van der Waals surface area contributed by atoms with Crippen molar-refractivity contribution in [3.05, 3.63) is 0 Å². The molecule has 0 aliphatic carbocycles. The van der Waals surface area contributed by atoms with Crippen molar-refractivity contribution in [2.75, 3.05) is 0 Å². The minimum atomic E-state index is 0.227. The fourth-order valence-electron chi connectivity index (χ4n) is 4.11. The molecule has 4 heterocycles. The zero-order valence-electron chi connectivity index (χ0n) is 9.07. The second-order valence-electron chi connectivity index (χ2n) is 5.58. The Balaban J connectivity index is 1.92. The first-order valence-electron chi connectivity index (χ1n) is 5.98. The van der Waals surface area contributed by atoms with Gasteiger partial charge in [-0.1, -0.05) is 6.92 Å². The quantitative estimate of drug-likeness (QED) is 0.585. The molecule has 78 valence electrons. The van der Waals surface area contributed by atoms with Crippen LogP contribution in [-0.4, -0.2) is 28.8 Å². The average molecular weight is 193 g/mol. The zero-order valence-corrected chi connectivity index (χ0v) is 9.07. The number of fused-ring (bicyclic) bond motifs is 1. The Morgan fingerprint density at radius 1 is 1.07 bits per heavy atom. The lowest BCUT2D eigenvalue weighted by Gasteiger charge is -2.57. The lowest BCUT2D eigenvalue weighted by molar-refractivity contribution is -0.151. The Kier molecular flexibility index (Phi) is 1.79. The summed E-state index contributed by atoms with van der Waals surface area (Å²) in [5, 5.41) is 0. The van der Waals surface area contributed by atoms with E-state index in [4.69, 9.17) is 0 Å². The molecular formula is C12H19NO. The van der Waals surface area contributed by atoms with E-state index in [1.165, 1.54) is 12.8 Å². The van der Waals surface area contributed by atoms with Crippen LogP contribution in [0, 0.1) is 11.8 Å². The van der Waals surface area contributed by atoms with Crippen LogP contribution in [0.25, 0.3) is 0 Å². The summed E-state index contributed by atoms with van der Waals surface area (Å²) in [4.78, 5) is 14.4. The van der Waals surface area contributed by atoms with Gasteiger partial charge in [0.15, 0.2) is 5.78 Å². The van der Waals surface area contributed by atoms with Gasteiger partial charge in [0.1, 0.15) is 0 Å². The third kappa shape index (κ3) is 1.04. The van der Waals surface area contributed by atoms with E-state index in [0.717, 1.165) is 30.8 Å². The molecule has 0 spiro atoms. The number of rotatable bonds is 0. The highest BCUT2D eigenvalue weighted by Crippen LogP contribution is 2.45. The van der Waals surface area contributed by atoms with Gasteiger partial charge in [-0.3, -0.25) is 9.69 Å². The summed E-state index contributed by atoms with van der Waals surface area (Å²) in [6.45, 7) is 4.48. The molecule has 0 aromatic rings. The van der Waals surface area contributed by atoms with E-state index in [9.17, 15) is 4.79 Å². The highest BCUT2D eigenvalue weighted by atomic mass is 16.1. The molecule has 4 aliphatic rings. The molecule has 4 fully saturated rings. The van der Waals surface area contributed by atoms with E-state index < -0.39 is 0 Å². The van der Waals surface area contributed by atoms with E-state index in [2.05, 4.69) is 18.7 Å². The second-order valence-corrected chi connectivity index (χ2v) is 5.58. The lowest BCUT2D eigenvalue weighted by atomic mass is 9.67. The van der Waals surface area contributed by atoms with Crippen molar-refractivity contribution in [1.82, 2.24) is 4.90 Å². The van der Waals surface area contributed by atoms with Crippen molar-refractivity contribution in [1.29, 1.82) is 0 Å². The number of Topliss-reactive ketones (excluding diaryl/α,β-unsaturated/α-hetero) is 1. The number of hydrogen-bond donors (Lipinski definition) is 0. The summed E-state index contributed by atoms with van der Waals surface area (Å²) in [5.74, 6) is 1.81. The Morgan fingerprint density at radius 2 is 1.64 bits per heavy atom. The second kappa shape index (κ2) is 2.82. The van der Waals surface area contributed by atoms with Crippen LogP contribution < -0.4 is 0 Å². The molecule has 4 bridgehead atoms. The van der Waals surface area contributed by atoms with Crippen LogP contribution in [0.5, 0.6) is 0 Å². The SMILES string of the molecule is CC1CC2CC3CC(C1)N2C(C)C3=O. The first-order chi connectivity index (χ1) is 6.66. The van der Waals surface area contributed by atoms with Crippen molar-refractivity contribution < 1.29 is 4.79 Å². The van der Waals surface area contributed by atoms with E-state index in [0.29, 0.717) is 11.7 Å². The molecule has 3 atom stereocenters. The maximum atomic E-state index is 11.9. The van der Waals surface area contributed by atoms with Crippen molar-refractivity contribution in [2.24, 2.45) is 11.8 Å². The molecule has 0 amide bonds. The summed E-state index contributed by atoms with van der Waals surface area (Å²) in [5.41, 5.74) is 0. The van der Waals surface area contributed by atoms with Crippen molar-refractivity contribution in [3.8, 4) is 0 Å². The minimum Gasteiger partial charge on any atom is -0.298 e. The molecule has 0 N–H and O–H groups in total. The Labute approximate surface area is 85.7 Å². The summed E-state index contributed by atoms with van der Waals surface area (Å²) in [6.07, 6.45) is 4.96.